The van der Waals surface area contributed by atoms with E-state index in [2.05, 4.69) is 16.0 Å². The van der Waals surface area contributed by atoms with Crippen LogP contribution in [-0.4, -0.2) is 25.1 Å². The van der Waals surface area contributed by atoms with Gasteiger partial charge in [-0.2, -0.15) is 0 Å². The Morgan fingerprint density at radius 2 is 1.88 bits per heavy atom. The highest BCUT2D eigenvalue weighted by Crippen LogP contribution is 2.17. The number of nitrogens with one attached hydrogen (secondary N) is 3. The standard InChI is InChI=1S/C20H25N3O3/c1-14-6-4-9-19(12-14)26-11-10-21-20(25)22-15(2)17-7-5-8-18(13-17)23-16(3)24/h4-9,12-13,15H,10-11H2,1-3H3,(H,23,24)(H2,21,22,25)/t15-/m0/s1. The summed E-state index contributed by atoms with van der Waals surface area (Å²) >= 11 is 0. The van der Waals surface area contributed by atoms with Crippen molar-refractivity contribution >= 4 is 17.6 Å². The van der Waals surface area contributed by atoms with Crippen LogP contribution in [0.4, 0.5) is 10.5 Å². The number of anilines is 1. The smallest absolute Gasteiger partial charge is 0.315 e. The first-order valence-electron chi connectivity index (χ1n) is 8.55. The van der Waals surface area contributed by atoms with Crippen molar-refractivity contribution in [3.63, 3.8) is 0 Å². The summed E-state index contributed by atoms with van der Waals surface area (Å²) in [7, 11) is 0. The van der Waals surface area contributed by atoms with Gasteiger partial charge in [0.25, 0.3) is 0 Å². The Morgan fingerprint density at radius 1 is 1.12 bits per heavy atom. The predicted molar refractivity (Wildman–Crippen MR) is 102 cm³/mol. The van der Waals surface area contributed by atoms with Crippen molar-refractivity contribution in [1.82, 2.24) is 10.6 Å². The Hall–Kier alpha value is -3.02. The number of ether oxygens (including phenoxy) is 1. The normalized spacial score (nSPS) is 11.3. The first-order chi connectivity index (χ1) is 12.4. The van der Waals surface area contributed by atoms with Crippen LogP contribution in [0.15, 0.2) is 48.5 Å². The lowest BCUT2D eigenvalue weighted by molar-refractivity contribution is -0.114. The van der Waals surface area contributed by atoms with Crippen molar-refractivity contribution in [2.75, 3.05) is 18.5 Å². The summed E-state index contributed by atoms with van der Waals surface area (Å²) in [5.74, 6) is 0.657. The second-order valence-corrected chi connectivity index (χ2v) is 6.09. The Balaban J connectivity index is 1.75. The maximum Gasteiger partial charge on any atom is 0.315 e. The van der Waals surface area contributed by atoms with E-state index in [0.29, 0.717) is 18.8 Å². The van der Waals surface area contributed by atoms with Gasteiger partial charge in [-0.25, -0.2) is 4.79 Å². The summed E-state index contributed by atoms with van der Waals surface area (Å²) in [6, 6.07) is 14.7. The number of carbonyl (C=O) groups is 2. The van der Waals surface area contributed by atoms with Gasteiger partial charge in [0.05, 0.1) is 12.6 Å². The molecule has 2 aromatic carbocycles. The summed E-state index contributed by atoms with van der Waals surface area (Å²) in [5.41, 5.74) is 2.74. The van der Waals surface area contributed by atoms with Crippen LogP contribution in [0.1, 0.15) is 31.0 Å². The van der Waals surface area contributed by atoms with Gasteiger partial charge in [-0.1, -0.05) is 24.3 Å². The van der Waals surface area contributed by atoms with E-state index in [1.807, 2.05) is 56.3 Å². The minimum atomic E-state index is -0.268. The van der Waals surface area contributed by atoms with E-state index in [1.165, 1.54) is 6.92 Å². The van der Waals surface area contributed by atoms with Crippen molar-refractivity contribution < 1.29 is 14.3 Å². The van der Waals surface area contributed by atoms with Crippen LogP contribution in [0.3, 0.4) is 0 Å². The third kappa shape index (κ3) is 6.47. The lowest BCUT2D eigenvalue weighted by Crippen LogP contribution is -2.39. The number of urea groups is 1. The van der Waals surface area contributed by atoms with Crippen molar-refractivity contribution in [2.24, 2.45) is 0 Å². The van der Waals surface area contributed by atoms with Gasteiger partial charge in [0, 0.05) is 12.6 Å². The lowest BCUT2D eigenvalue weighted by Gasteiger charge is -2.16. The molecule has 0 aliphatic rings. The van der Waals surface area contributed by atoms with E-state index in [1.54, 1.807) is 6.07 Å². The first-order valence-corrected chi connectivity index (χ1v) is 8.55. The molecule has 3 N–H and O–H groups in total. The third-order valence-electron chi connectivity index (χ3n) is 3.70. The SMILES string of the molecule is CC(=O)Nc1cccc([C@H](C)NC(=O)NCCOc2cccc(C)c2)c1. The molecule has 6 heteroatoms. The molecule has 138 valence electrons. The van der Waals surface area contributed by atoms with Gasteiger partial charge in [-0.3, -0.25) is 4.79 Å². The molecule has 2 rings (SSSR count). The number of amides is 3. The van der Waals surface area contributed by atoms with Crippen LogP contribution in [0.25, 0.3) is 0 Å². The summed E-state index contributed by atoms with van der Waals surface area (Å²) in [6.07, 6.45) is 0. The van der Waals surface area contributed by atoms with Gasteiger partial charge in [0.1, 0.15) is 12.4 Å². The van der Waals surface area contributed by atoms with Crippen LogP contribution in [0.2, 0.25) is 0 Å². The molecule has 0 aliphatic carbocycles. The molecule has 0 saturated carbocycles. The van der Waals surface area contributed by atoms with Crippen LogP contribution in [-0.2, 0) is 4.79 Å². The number of hydrogen-bond acceptors (Lipinski definition) is 3. The number of rotatable bonds is 7. The van der Waals surface area contributed by atoms with E-state index in [4.69, 9.17) is 4.74 Å². The summed E-state index contributed by atoms with van der Waals surface area (Å²) in [5, 5.41) is 8.37. The molecule has 6 nitrogen and oxygen atoms in total. The van der Waals surface area contributed by atoms with Crippen molar-refractivity contribution in [3.05, 3.63) is 59.7 Å². The highest BCUT2D eigenvalue weighted by Gasteiger charge is 2.10. The Kier molecular flexibility index (Phi) is 7.02. The quantitative estimate of drug-likeness (QED) is 0.666. The van der Waals surface area contributed by atoms with E-state index in [-0.39, 0.29) is 18.0 Å². The molecule has 1 atom stereocenters. The monoisotopic (exact) mass is 355 g/mol. The van der Waals surface area contributed by atoms with Crippen LogP contribution < -0.4 is 20.7 Å². The first kappa shape index (κ1) is 19.3. The molecule has 0 heterocycles. The average Bonchev–Trinajstić information content (AvgIpc) is 2.58. The molecule has 0 unspecified atom stereocenters. The summed E-state index contributed by atoms with van der Waals surface area (Å²) in [4.78, 5) is 23.1. The minimum Gasteiger partial charge on any atom is -0.492 e. The second-order valence-electron chi connectivity index (χ2n) is 6.09. The molecule has 0 spiro atoms. The average molecular weight is 355 g/mol. The molecule has 0 aliphatic heterocycles. The van der Waals surface area contributed by atoms with Crippen LogP contribution in [0.5, 0.6) is 5.75 Å². The summed E-state index contributed by atoms with van der Waals surface area (Å²) < 4.78 is 5.60. The minimum absolute atomic E-state index is 0.130. The Labute approximate surface area is 153 Å². The molecule has 0 aromatic heterocycles. The van der Waals surface area contributed by atoms with Crippen LogP contribution >= 0.6 is 0 Å². The zero-order chi connectivity index (χ0) is 18.9. The number of aryl methyl sites for hydroxylation is 1. The van der Waals surface area contributed by atoms with E-state index in [0.717, 1.165) is 16.9 Å². The Bertz CT molecular complexity index is 761. The molecule has 0 bridgehead atoms. The molecule has 26 heavy (non-hydrogen) atoms. The van der Waals surface area contributed by atoms with Crippen LogP contribution in [0, 0.1) is 6.92 Å². The number of benzene rings is 2. The fourth-order valence-electron chi connectivity index (χ4n) is 2.46. The molecule has 0 radical (unpaired) electrons. The van der Waals surface area contributed by atoms with Crippen molar-refractivity contribution in [2.45, 2.75) is 26.8 Å². The van der Waals surface area contributed by atoms with Gasteiger partial charge >= 0.3 is 6.03 Å². The van der Waals surface area contributed by atoms with Gasteiger partial charge in [0.2, 0.25) is 5.91 Å². The predicted octanol–water partition coefficient (Wildman–Crippen LogP) is 3.39. The van der Waals surface area contributed by atoms with Crippen molar-refractivity contribution in [1.29, 1.82) is 0 Å². The van der Waals surface area contributed by atoms with Gasteiger partial charge in [0.15, 0.2) is 0 Å². The molecule has 2 aromatic rings. The second kappa shape index (κ2) is 9.46. The van der Waals surface area contributed by atoms with Gasteiger partial charge in [-0.05, 0) is 49.2 Å². The molecular formula is C20H25N3O3. The fourth-order valence-corrected chi connectivity index (χ4v) is 2.46. The molecule has 0 fully saturated rings. The highest BCUT2D eigenvalue weighted by atomic mass is 16.5. The summed E-state index contributed by atoms with van der Waals surface area (Å²) in [6.45, 7) is 6.14. The Morgan fingerprint density at radius 3 is 2.62 bits per heavy atom. The van der Waals surface area contributed by atoms with E-state index in [9.17, 15) is 9.59 Å². The zero-order valence-corrected chi connectivity index (χ0v) is 15.3. The van der Waals surface area contributed by atoms with E-state index < -0.39 is 0 Å². The largest absolute Gasteiger partial charge is 0.492 e. The number of hydrogen-bond donors (Lipinski definition) is 3. The molecule has 0 saturated heterocycles. The maximum absolute atomic E-state index is 12.0. The lowest BCUT2D eigenvalue weighted by atomic mass is 10.1. The van der Waals surface area contributed by atoms with Gasteiger partial charge < -0.3 is 20.7 Å². The zero-order valence-electron chi connectivity index (χ0n) is 15.3. The van der Waals surface area contributed by atoms with Gasteiger partial charge in [-0.15, -0.1) is 0 Å². The highest BCUT2D eigenvalue weighted by molar-refractivity contribution is 5.88. The maximum atomic E-state index is 12.0. The third-order valence-corrected chi connectivity index (χ3v) is 3.70. The topological polar surface area (TPSA) is 79.5 Å². The molecular weight excluding hydrogens is 330 g/mol. The van der Waals surface area contributed by atoms with E-state index >= 15 is 0 Å². The number of carbonyl (C=O) groups excluding carboxylic acids is 2. The van der Waals surface area contributed by atoms with Crippen molar-refractivity contribution in [3.8, 4) is 5.75 Å². The fraction of sp³-hybridized carbons (Fsp3) is 0.300. The molecule has 3 amide bonds.